The lowest BCUT2D eigenvalue weighted by Crippen LogP contribution is -2.52. The van der Waals surface area contributed by atoms with Crippen molar-refractivity contribution in [1.82, 2.24) is 0 Å². The highest BCUT2D eigenvalue weighted by atomic mass is 16.6. The van der Waals surface area contributed by atoms with Gasteiger partial charge in [-0.2, -0.15) is 0 Å². The molecule has 0 bridgehead atoms. The Morgan fingerprint density at radius 1 is 1.00 bits per heavy atom. The third-order valence-electron chi connectivity index (χ3n) is 4.43. The van der Waals surface area contributed by atoms with Crippen LogP contribution in [0.4, 0.5) is 0 Å². The van der Waals surface area contributed by atoms with Crippen LogP contribution in [0.3, 0.4) is 0 Å². The highest BCUT2D eigenvalue weighted by molar-refractivity contribution is 4.86. The molecule has 2 heterocycles. The molecule has 0 aromatic carbocycles. The van der Waals surface area contributed by atoms with E-state index in [2.05, 4.69) is 20.8 Å². The molecule has 0 aromatic rings. The van der Waals surface area contributed by atoms with E-state index in [0.29, 0.717) is 5.92 Å². The van der Waals surface area contributed by atoms with Crippen LogP contribution in [-0.2, 0) is 18.9 Å². The molecule has 2 saturated heterocycles. The fraction of sp³-hybridized carbons (Fsp3) is 1.00. The van der Waals surface area contributed by atoms with Gasteiger partial charge in [-0.3, -0.25) is 0 Å². The molecule has 0 saturated carbocycles. The van der Waals surface area contributed by atoms with Gasteiger partial charge >= 0.3 is 0 Å². The Labute approximate surface area is 116 Å². The summed E-state index contributed by atoms with van der Waals surface area (Å²) >= 11 is 0. The summed E-state index contributed by atoms with van der Waals surface area (Å²) in [4.78, 5) is 0. The van der Waals surface area contributed by atoms with E-state index in [4.69, 9.17) is 18.9 Å². The first-order valence-corrected chi connectivity index (χ1v) is 7.51. The maximum absolute atomic E-state index is 6.00. The SMILES string of the molecule is CCC1(COCC(C)COC2(CC)COC2)COC1. The van der Waals surface area contributed by atoms with E-state index < -0.39 is 0 Å². The van der Waals surface area contributed by atoms with E-state index in [0.717, 1.165) is 59.1 Å². The van der Waals surface area contributed by atoms with Crippen LogP contribution in [0.15, 0.2) is 0 Å². The van der Waals surface area contributed by atoms with E-state index in [1.54, 1.807) is 0 Å². The Morgan fingerprint density at radius 2 is 1.68 bits per heavy atom. The second-order valence-corrected chi connectivity index (χ2v) is 6.31. The van der Waals surface area contributed by atoms with Crippen molar-refractivity contribution in [2.24, 2.45) is 11.3 Å². The molecule has 2 aliphatic rings. The molecule has 0 amide bonds. The minimum Gasteiger partial charge on any atom is -0.380 e. The standard InChI is InChI=1S/C15H28O4/c1-4-14(9-17-10-14)8-16-6-13(3)7-19-15(5-2)11-18-12-15/h13H,4-12H2,1-3H3. The van der Waals surface area contributed by atoms with Crippen molar-refractivity contribution in [2.75, 3.05) is 46.2 Å². The van der Waals surface area contributed by atoms with Crippen molar-refractivity contribution in [2.45, 2.75) is 39.2 Å². The van der Waals surface area contributed by atoms with Crippen LogP contribution in [0.1, 0.15) is 33.6 Å². The highest BCUT2D eigenvalue weighted by Crippen LogP contribution is 2.31. The van der Waals surface area contributed by atoms with Gasteiger partial charge in [0.2, 0.25) is 0 Å². The van der Waals surface area contributed by atoms with Gasteiger partial charge in [0, 0.05) is 11.3 Å². The van der Waals surface area contributed by atoms with Gasteiger partial charge in [0.25, 0.3) is 0 Å². The monoisotopic (exact) mass is 272 g/mol. The van der Waals surface area contributed by atoms with Gasteiger partial charge in [0.15, 0.2) is 0 Å². The Bertz CT molecular complexity index is 260. The third-order valence-corrected chi connectivity index (χ3v) is 4.43. The van der Waals surface area contributed by atoms with E-state index in [1.807, 2.05) is 0 Å². The minimum absolute atomic E-state index is 0.0132. The first kappa shape index (κ1) is 15.2. The van der Waals surface area contributed by atoms with Crippen LogP contribution in [0.5, 0.6) is 0 Å². The van der Waals surface area contributed by atoms with Crippen molar-refractivity contribution in [1.29, 1.82) is 0 Å². The van der Waals surface area contributed by atoms with Crippen LogP contribution >= 0.6 is 0 Å². The van der Waals surface area contributed by atoms with Crippen LogP contribution in [0, 0.1) is 11.3 Å². The predicted molar refractivity (Wildman–Crippen MR) is 73.3 cm³/mol. The molecule has 2 aliphatic heterocycles. The van der Waals surface area contributed by atoms with Crippen molar-refractivity contribution in [3.8, 4) is 0 Å². The molecule has 112 valence electrons. The summed E-state index contributed by atoms with van der Waals surface area (Å²) in [6.07, 6.45) is 2.16. The molecule has 4 nitrogen and oxygen atoms in total. The maximum atomic E-state index is 6.00. The van der Waals surface area contributed by atoms with Crippen molar-refractivity contribution in [3.05, 3.63) is 0 Å². The molecule has 2 rings (SSSR count). The minimum atomic E-state index is -0.0132. The predicted octanol–water partition coefficient (Wildman–Crippen LogP) is 2.26. The first-order valence-electron chi connectivity index (χ1n) is 7.51. The Hall–Kier alpha value is -0.160. The summed E-state index contributed by atoms with van der Waals surface area (Å²) in [5.41, 5.74) is 0.272. The largest absolute Gasteiger partial charge is 0.380 e. The molecule has 19 heavy (non-hydrogen) atoms. The zero-order chi connectivity index (χ0) is 13.8. The maximum Gasteiger partial charge on any atom is 0.114 e. The first-order chi connectivity index (χ1) is 9.14. The second kappa shape index (κ2) is 6.53. The molecule has 0 spiro atoms. The van der Waals surface area contributed by atoms with Gasteiger partial charge in [-0.1, -0.05) is 20.8 Å². The number of rotatable bonds is 9. The summed E-state index contributed by atoms with van der Waals surface area (Å²) in [6, 6.07) is 0. The number of hydrogen-bond donors (Lipinski definition) is 0. The topological polar surface area (TPSA) is 36.9 Å². The molecule has 2 fully saturated rings. The van der Waals surface area contributed by atoms with Crippen LogP contribution in [0.25, 0.3) is 0 Å². The van der Waals surface area contributed by atoms with Crippen LogP contribution < -0.4 is 0 Å². The molecule has 0 radical (unpaired) electrons. The smallest absolute Gasteiger partial charge is 0.114 e. The molecule has 1 unspecified atom stereocenters. The quantitative estimate of drug-likeness (QED) is 0.645. The molecule has 4 heteroatoms. The molecule has 0 aromatic heterocycles. The van der Waals surface area contributed by atoms with E-state index in [1.165, 1.54) is 0 Å². The Kier molecular flexibility index (Phi) is 5.23. The zero-order valence-electron chi connectivity index (χ0n) is 12.6. The number of hydrogen-bond acceptors (Lipinski definition) is 4. The van der Waals surface area contributed by atoms with Gasteiger partial charge in [-0.05, 0) is 12.8 Å². The Morgan fingerprint density at radius 3 is 2.11 bits per heavy atom. The normalized spacial score (nSPS) is 25.4. The third kappa shape index (κ3) is 3.69. The van der Waals surface area contributed by atoms with E-state index >= 15 is 0 Å². The van der Waals surface area contributed by atoms with Crippen LogP contribution in [0.2, 0.25) is 0 Å². The second-order valence-electron chi connectivity index (χ2n) is 6.31. The lowest BCUT2D eigenvalue weighted by atomic mass is 9.84. The lowest BCUT2D eigenvalue weighted by molar-refractivity contribution is -0.218. The summed E-state index contributed by atoms with van der Waals surface area (Å²) in [7, 11) is 0. The fourth-order valence-electron chi connectivity index (χ4n) is 2.34. The van der Waals surface area contributed by atoms with Crippen molar-refractivity contribution in [3.63, 3.8) is 0 Å². The molecule has 1 atom stereocenters. The number of ether oxygens (including phenoxy) is 4. The molecule has 0 N–H and O–H groups in total. The van der Waals surface area contributed by atoms with Gasteiger partial charge in [0.1, 0.15) is 5.60 Å². The van der Waals surface area contributed by atoms with Gasteiger partial charge < -0.3 is 18.9 Å². The Balaban J connectivity index is 1.58. The lowest BCUT2D eigenvalue weighted by Gasteiger charge is -2.41. The molecular weight excluding hydrogens is 244 g/mol. The van der Waals surface area contributed by atoms with Gasteiger partial charge in [-0.25, -0.2) is 0 Å². The summed E-state index contributed by atoms with van der Waals surface area (Å²) in [6.45, 7) is 12.1. The van der Waals surface area contributed by atoms with Gasteiger partial charge in [-0.15, -0.1) is 0 Å². The van der Waals surface area contributed by atoms with Crippen molar-refractivity contribution >= 4 is 0 Å². The summed E-state index contributed by atoms with van der Waals surface area (Å²) in [5.74, 6) is 0.430. The van der Waals surface area contributed by atoms with Gasteiger partial charge in [0.05, 0.1) is 46.2 Å². The molecular formula is C15H28O4. The average Bonchev–Trinajstić information content (AvgIpc) is 2.32. The fourth-order valence-corrected chi connectivity index (χ4v) is 2.34. The summed E-state index contributed by atoms with van der Waals surface area (Å²) < 4.78 is 22.4. The average molecular weight is 272 g/mol. The summed E-state index contributed by atoms with van der Waals surface area (Å²) in [5, 5.41) is 0. The van der Waals surface area contributed by atoms with Crippen molar-refractivity contribution < 1.29 is 18.9 Å². The van der Waals surface area contributed by atoms with E-state index in [-0.39, 0.29) is 11.0 Å². The van der Waals surface area contributed by atoms with E-state index in [9.17, 15) is 0 Å². The zero-order valence-corrected chi connectivity index (χ0v) is 12.6. The highest BCUT2D eigenvalue weighted by Gasteiger charge is 2.39. The molecule has 0 aliphatic carbocycles. The van der Waals surface area contributed by atoms with Crippen LogP contribution in [-0.4, -0.2) is 51.8 Å².